The molecule has 4 rings (SSSR count). The van der Waals surface area contributed by atoms with Gasteiger partial charge in [-0.25, -0.2) is 8.42 Å². The van der Waals surface area contributed by atoms with Crippen LogP contribution >= 0.6 is 0 Å². The molecule has 0 spiro atoms. The number of rotatable bonds is 3. The van der Waals surface area contributed by atoms with E-state index in [9.17, 15) is 13.2 Å². The summed E-state index contributed by atoms with van der Waals surface area (Å²) in [6.45, 7) is 2.33. The minimum absolute atomic E-state index is 0.172. The second-order valence-electron chi connectivity index (χ2n) is 6.90. The van der Waals surface area contributed by atoms with Gasteiger partial charge in [0.25, 0.3) is 0 Å². The zero-order chi connectivity index (χ0) is 18.3. The fourth-order valence-electron chi connectivity index (χ4n) is 3.89. The molecule has 2 aliphatic rings. The highest BCUT2D eigenvalue weighted by Gasteiger charge is 2.39. The summed E-state index contributed by atoms with van der Waals surface area (Å²) in [6.07, 6.45) is 3.31. The van der Waals surface area contributed by atoms with E-state index in [1.165, 1.54) is 15.4 Å². The van der Waals surface area contributed by atoms with Crippen LogP contribution in [0.1, 0.15) is 24.5 Å². The van der Waals surface area contributed by atoms with Crippen molar-refractivity contribution in [2.75, 3.05) is 18.0 Å². The average molecular weight is 370 g/mol. The number of carbonyl (C=O) groups excluding carboxylic acids is 1. The number of amides is 1. The summed E-state index contributed by atoms with van der Waals surface area (Å²) in [5.74, 6) is -0.172. The molecule has 1 heterocycles. The van der Waals surface area contributed by atoms with Gasteiger partial charge in [0.2, 0.25) is 15.9 Å². The van der Waals surface area contributed by atoms with E-state index >= 15 is 0 Å². The first-order valence-electron chi connectivity index (χ1n) is 8.98. The van der Waals surface area contributed by atoms with Crippen molar-refractivity contribution in [2.45, 2.75) is 37.1 Å². The molecule has 5 nitrogen and oxygen atoms in total. The van der Waals surface area contributed by atoms with Gasteiger partial charge in [-0.05, 0) is 61.6 Å². The molecule has 6 heteroatoms. The summed E-state index contributed by atoms with van der Waals surface area (Å²) in [5, 5.41) is 0. The van der Waals surface area contributed by atoms with Crippen molar-refractivity contribution < 1.29 is 13.2 Å². The van der Waals surface area contributed by atoms with E-state index in [0.29, 0.717) is 13.1 Å². The van der Waals surface area contributed by atoms with Crippen LogP contribution in [0.4, 0.5) is 5.69 Å². The standard InChI is InChI=1S/C20H22N2O3S/c1-15-20(23)21(18-11-10-16-6-5-7-17(16)14-18)12-13-22(15)26(24,25)19-8-3-2-4-9-19/h2-4,8-11,14-15H,5-7,12-13H2,1H3. The number of anilines is 1. The van der Waals surface area contributed by atoms with Gasteiger partial charge in [-0.15, -0.1) is 0 Å². The minimum Gasteiger partial charge on any atom is -0.310 e. The highest BCUT2D eigenvalue weighted by atomic mass is 32.2. The lowest BCUT2D eigenvalue weighted by Crippen LogP contribution is -2.57. The normalized spacial score (nSPS) is 21.0. The molecule has 1 saturated heterocycles. The summed E-state index contributed by atoms with van der Waals surface area (Å²) in [5.41, 5.74) is 3.54. The van der Waals surface area contributed by atoms with Crippen LogP contribution in [0.25, 0.3) is 0 Å². The second kappa shape index (κ2) is 6.52. The molecule has 2 aromatic carbocycles. The number of hydrogen-bond acceptors (Lipinski definition) is 3. The molecule has 0 aromatic heterocycles. The van der Waals surface area contributed by atoms with Gasteiger partial charge in [-0.2, -0.15) is 4.31 Å². The molecule has 0 bridgehead atoms. The van der Waals surface area contributed by atoms with Gasteiger partial charge in [0.15, 0.2) is 0 Å². The predicted octanol–water partition coefficient (Wildman–Crippen LogP) is 2.60. The number of benzene rings is 2. The predicted molar refractivity (Wildman–Crippen MR) is 101 cm³/mol. The number of nitrogens with zero attached hydrogens (tertiary/aromatic N) is 2. The van der Waals surface area contributed by atoms with Gasteiger partial charge in [0.05, 0.1) is 4.90 Å². The lowest BCUT2D eigenvalue weighted by atomic mass is 10.1. The molecule has 0 radical (unpaired) electrons. The molecule has 0 saturated carbocycles. The second-order valence-corrected chi connectivity index (χ2v) is 8.79. The average Bonchev–Trinajstić information content (AvgIpc) is 3.12. The summed E-state index contributed by atoms with van der Waals surface area (Å²) in [7, 11) is -3.67. The lowest BCUT2D eigenvalue weighted by Gasteiger charge is -2.38. The quantitative estimate of drug-likeness (QED) is 0.834. The van der Waals surface area contributed by atoms with Crippen molar-refractivity contribution in [3.8, 4) is 0 Å². The Morgan fingerprint density at radius 3 is 2.46 bits per heavy atom. The molecular formula is C20H22N2O3S. The van der Waals surface area contributed by atoms with Crippen LogP contribution in [-0.4, -0.2) is 37.8 Å². The summed E-state index contributed by atoms with van der Waals surface area (Å²) in [6, 6.07) is 13.8. The third-order valence-corrected chi connectivity index (χ3v) is 7.33. The Hall–Kier alpha value is -2.18. The van der Waals surface area contributed by atoms with E-state index in [-0.39, 0.29) is 10.8 Å². The van der Waals surface area contributed by atoms with Crippen LogP contribution in [0.15, 0.2) is 53.4 Å². The maximum Gasteiger partial charge on any atom is 0.245 e. The highest BCUT2D eigenvalue weighted by Crippen LogP contribution is 2.30. The van der Waals surface area contributed by atoms with Crippen molar-refractivity contribution in [2.24, 2.45) is 0 Å². The summed E-state index contributed by atoms with van der Waals surface area (Å²) < 4.78 is 27.1. The highest BCUT2D eigenvalue weighted by molar-refractivity contribution is 7.89. The summed E-state index contributed by atoms with van der Waals surface area (Å²) >= 11 is 0. The van der Waals surface area contributed by atoms with Gasteiger partial charge in [-0.3, -0.25) is 4.79 Å². The molecule has 2 aromatic rings. The van der Waals surface area contributed by atoms with E-state index in [2.05, 4.69) is 12.1 Å². The van der Waals surface area contributed by atoms with Crippen LogP contribution in [0.5, 0.6) is 0 Å². The Morgan fingerprint density at radius 2 is 1.69 bits per heavy atom. The maximum atomic E-state index is 12.9. The number of fused-ring (bicyclic) bond motifs is 1. The van der Waals surface area contributed by atoms with E-state index < -0.39 is 16.1 Å². The van der Waals surface area contributed by atoms with Crippen molar-refractivity contribution in [3.63, 3.8) is 0 Å². The molecule has 1 atom stereocenters. The van der Waals surface area contributed by atoms with Crippen LogP contribution < -0.4 is 4.90 Å². The van der Waals surface area contributed by atoms with Crippen LogP contribution in [-0.2, 0) is 27.7 Å². The summed E-state index contributed by atoms with van der Waals surface area (Å²) in [4.78, 5) is 14.9. The molecule has 1 fully saturated rings. The third kappa shape index (κ3) is 2.83. The van der Waals surface area contributed by atoms with Crippen LogP contribution in [0.3, 0.4) is 0 Å². The van der Waals surface area contributed by atoms with Crippen molar-refractivity contribution >= 4 is 21.6 Å². The molecule has 1 aliphatic carbocycles. The monoisotopic (exact) mass is 370 g/mol. The molecule has 26 heavy (non-hydrogen) atoms. The molecule has 0 N–H and O–H groups in total. The Labute approximate surface area is 154 Å². The molecule has 1 unspecified atom stereocenters. The zero-order valence-corrected chi connectivity index (χ0v) is 15.6. The van der Waals surface area contributed by atoms with Crippen molar-refractivity contribution in [1.82, 2.24) is 4.31 Å². The minimum atomic E-state index is -3.67. The van der Waals surface area contributed by atoms with E-state index in [0.717, 1.165) is 24.9 Å². The first-order chi connectivity index (χ1) is 12.5. The first kappa shape index (κ1) is 17.2. The Morgan fingerprint density at radius 1 is 0.962 bits per heavy atom. The first-order valence-corrected chi connectivity index (χ1v) is 10.4. The number of hydrogen-bond donors (Lipinski definition) is 0. The van der Waals surface area contributed by atoms with Gasteiger partial charge < -0.3 is 4.90 Å². The fraction of sp³-hybridized carbons (Fsp3) is 0.350. The Balaban J connectivity index is 1.60. The lowest BCUT2D eigenvalue weighted by molar-refractivity contribution is -0.123. The van der Waals surface area contributed by atoms with Crippen LogP contribution in [0, 0.1) is 0 Å². The topological polar surface area (TPSA) is 57.7 Å². The zero-order valence-electron chi connectivity index (χ0n) is 14.8. The largest absolute Gasteiger partial charge is 0.310 e. The molecular weight excluding hydrogens is 348 g/mol. The third-order valence-electron chi connectivity index (χ3n) is 5.34. The molecule has 136 valence electrons. The SMILES string of the molecule is CC1C(=O)N(c2ccc3c(c2)CCC3)CCN1S(=O)(=O)c1ccccc1. The van der Waals surface area contributed by atoms with Crippen molar-refractivity contribution in [1.29, 1.82) is 0 Å². The van der Waals surface area contributed by atoms with E-state index in [1.54, 1.807) is 42.2 Å². The van der Waals surface area contributed by atoms with E-state index in [1.807, 2.05) is 6.07 Å². The van der Waals surface area contributed by atoms with Gasteiger partial charge in [0.1, 0.15) is 6.04 Å². The Kier molecular flexibility index (Phi) is 4.32. The van der Waals surface area contributed by atoms with Gasteiger partial charge in [-0.1, -0.05) is 24.3 Å². The maximum absolute atomic E-state index is 12.9. The molecule has 1 aliphatic heterocycles. The number of piperazine rings is 1. The molecule has 1 amide bonds. The number of carbonyl (C=O) groups is 1. The van der Waals surface area contributed by atoms with Crippen LogP contribution in [0.2, 0.25) is 0 Å². The Bertz CT molecular complexity index is 941. The fourth-order valence-corrected chi connectivity index (χ4v) is 5.49. The van der Waals surface area contributed by atoms with E-state index in [4.69, 9.17) is 0 Å². The number of sulfonamides is 1. The van der Waals surface area contributed by atoms with Gasteiger partial charge in [0, 0.05) is 18.8 Å². The smallest absolute Gasteiger partial charge is 0.245 e. The van der Waals surface area contributed by atoms with Crippen molar-refractivity contribution in [3.05, 3.63) is 59.7 Å². The van der Waals surface area contributed by atoms with Gasteiger partial charge >= 0.3 is 0 Å². The number of aryl methyl sites for hydroxylation is 2.